The van der Waals surface area contributed by atoms with E-state index in [4.69, 9.17) is 9.84 Å². The average Bonchev–Trinajstić information content (AvgIpc) is 2.48. The second-order valence-corrected chi connectivity index (χ2v) is 5.23. The first-order chi connectivity index (χ1) is 10.1. The monoisotopic (exact) mass is 292 g/mol. The van der Waals surface area contributed by atoms with Crippen molar-refractivity contribution >= 4 is 17.7 Å². The van der Waals surface area contributed by atoms with E-state index in [0.29, 0.717) is 18.2 Å². The van der Waals surface area contributed by atoms with Crippen LogP contribution in [0.25, 0.3) is 0 Å². The number of carboxylic acids is 1. The minimum absolute atomic E-state index is 0.153. The number of carbonyl (C=O) groups excluding carboxylic acids is 1. The Bertz CT molecular complexity index is 524. The number of carbonyl (C=O) groups is 2. The Labute approximate surface area is 123 Å². The molecule has 1 heterocycles. The maximum atomic E-state index is 11.9. The van der Waals surface area contributed by atoms with Gasteiger partial charge in [0, 0.05) is 25.4 Å². The third-order valence-corrected chi connectivity index (χ3v) is 3.62. The lowest BCUT2D eigenvalue weighted by molar-refractivity contribution is 0.0670. The smallest absolute Gasteiger partial charge is 0.335 e. The quantitative estimate of drug-likeness (QED) is 0.794. The summed E-state index contributed by atoms with van der Waals surface area (Å²) in [7, 11) is 0. The van der Waals surface area contributed by atoms with Crippen LogP contribution in [-0.2, 0) is 4.74 Å². The first kappa shape index (κ1) is 15.3. The molecule has 0 aromatic heterocycles. The molecule has 0 atom stereocenters. The zero-order valence-corrected chi connectivity index (χ0v) is 12.0. The molecule has 21 heavy (non-hydrogen) atoms. The molecule has 1 aromatic rings. The van der Waals surface area contributed by atoms with Crippen molar-refractivity contribution in [1.82, 2.24) is 5.32 Å². The molecule has 0 aliphatic carbocycles. The summed E-state index contributed by atoms with van der Waals surface area (Å²) in [5.41, 5.74) is 1.49. The Morgan fingerprint density at radius 1 is 1.33 bits per heavy atom. The summed E-state index contributed by atoms with van der Waals surface area (Å²) >= 11 is 0. The number of rotatable bonds is 4. The second-order valence-electron chi connectivity index (χ2n) is 5.23. The molecule has 0 radical (unpaired) electrons. The number of carboxylic acid groups (broad SMARTS) is 1. The van der Waals surface area contributed by atoms with E-state index in [1.54, 1.807) is 6.07 Å². The molecule has 6 nitrogen and oxygen atoms in total. The van der Waals surface area contributed by atoms with E-state index in [2.05, 4.69) is 10.6 Å². The van der Waals surface area contributed by atoms with Gasteiger partial charge in [0.1, 0.15) is 0 Å². The fraction of sp³-hybridized carbons (Fsp3) is 0.467. The Hall–Kier alpha value is -2.08. The first-order valence-electron chi connectivity index (χ1n) is 7.03. The van der Waals surface area contributed by atoms with Crippen LogP contribution in [0.1, 0.15) is 28.8 Å². The van der Waals surface area contributed by atoms with Gasteiger partial charge in [0.2, 0.25) is 0 Å². The summed E-state index contributed by atoms with van der Waals surface area (Å²) in [6, 6.07) is 4.35. The van der Waals surface area contributed by atoms with Gasteiger partial charge in [-0.15, -0.1) is 0 Å². The lowest BCUT2D eigenvalue weighted by Gasteiger charge is -2.22. The molecule has 0 saturated carbocycles. The van der Waals surface area contributed by atoms with Gasteiger partial charge in [-0.1, -0.05) is 6.07 Å². The van der Waals surface area contributed by atoms with E-state index in [1.807, 2.05) is 6.92 Å². The molecule has 3 N–H and O–H groups in total. The van der Waals surface area contributed by atoms with Crippen molar-refractivity contribution in [2.75, 3.05) is 25.1 Å². The molecule has 1 fully saturated rings. The lowest BCUT2D eigenvalue weighted by Crippen LogP contribution is -2.35. The second kappa shape index (κ2) is 7.08. The predicted molar refractivity (Wildman–Crippen MR) is 78.7 cm³/mol. The average molecular weight is 292 g/mol. The van der Waals surface area contributed by atoms with Gasteiger partial charge in [-0.05, 0) is 43.4 Å². The highest BCUT2D eigenvalue weighted by atomic mass is 16.5. The molecule has 0 unspecified atom stereocenters. The number of hydrogen-bond donors (Lipinski definition) is 3. The number of benzene rings is 1. The molecule has 0 spiro atoms. The number of aryl methyl sites for hydroxylation is 1. The number of ether oxygens (including phenoxy) is 1. The number of hydrogen-bond acceptors (Lipinski definition) is 3. The third-order valence-electron chi connectivity index (χ3n) is 3.62. The van der Waals surface area contributed by atoms with Gasteiger partial charge >= 0.3 is 12.0 Å². The molecule has 2 amide bonds. The van der Waals surface area contributed by atoms with Crippen molar-refractivity contribution in [1.29, 1.82) is 0 Å². The van der Waals surface area contributed by atoms with E-state index in [9.17, 15) is 9.59 Å². The third kappa shape index (κ3) is 4.46. The maximum absolute atomic E-state index is 11.9. The van der Waals surface area contributed by atoms with Crippen molar-refractivity contribution in [3.8, 4) is 0 Å². The summed E-state index contributed by atoms with van der Waals surface area (Å²) in [4.78, 5) is 22.8. The number of aromatic carboxylic acids is 1. The highest BCUT2D eigenvalue weighted by Crippen LogP contribution is 2.17. The molecule has 6 heteroatoms. The largest absolute Gasteiger partial charge is 0.478 e. The van der Waals surface area contributed by atoms with Crippen LogP contribution in [0.4, 0.5) is 10.5 Å². The molecule has 1 saturated heterocycles. The fourth-order valence-corrected chi connectivity index (χ4v) is 2.24. The first-order valence-corrected chi connectivity index (χ1v) is 7.03. The molecular weight excluding hydrogens is 272 g/mol. The van der Waals surface area contributed by atoms with Crippen LogP contribution < -0.4 is 10.6 Å². The van der Waals surface area contributed by atoms with Crippen LogP contribution in [0.5, 0.6) is 0 Å². The Morgan fingerprint density at radius 3 is 2.71 bits per heavy atom. The normalized spacial score (nSPS) is 15.5. The zero-order valence-electron chi connectivity index (χ0n) is 12.0. The van der Waals surface area contributed by atoms with Gasteiger partial charge in [-0.3, -0.25) is 0 Å². The fourth-order valence-electron chi connectivity index (χ4n) is 2.24. The minimum atomic E-state index is -1.01. The van der Waals surface area contributed by atoms with E-state index in [-0.39, 0.29) is 11.6 Å². The molecule has 1 aliphatic rings. The number of urea groups is 1. The highest BCUT2D eigenvalue weighted by Gasteiger charge is 2.15. The van der Waals surface area contributed by atoms with Crippen LogP contribution in [0.3, 0.4) is 0 Å². The number of amides is 2. The summed E-state index contributed by atoms with van der Waals surface area (Å²) in [6.07, 6.45) is 1.90. The lowest BCUT2D eigenvalue weighted by atomic mass is 10.0. The molecule has 1 aromatic carbocycles. The Morgan fingerprint density at radius 2 is 2.05 bits per heavy atom. The van der Waals surface area contributed by atoms with E-state index >= 15 is 0 Å². The minimum Gasteiger partial charge on any atom is -0.478 e. The van der Waals surface area contributed by atoms with E-state index in [0.717, 1.165) is 31.6 Å². The van der Waals surface area contributed by atoms with E-state index in [1.165, 1.54) is 12.1 Å². The summed E-state index contributed by atoms with van der Waals surface area (Å²) < 4.78 is 5.27. The number of anilines is 1. The Balaban J connectivity index is 1.89. The van der Waals surface area contributed by atoms with Crippen molar-refractivity contribution in [2.45, 2.75) is 19.8 Å². The Kier molecular flexibility index (Phi) is 5.16. The van der Waals surface area contributed by atoms with Gasteiger partial charge in [-0.25, -0.2) is 9.59 Å². The SMILES string of the molecule is Cc1ccc(C(=O)O)cc1NC(=O)NCC1CCOCC1. The maximum Gasteiger partial charge on any atom is 0.335 e. The van der Waals surface area contributed by atoms with Crippen molar-refractivity contribution in [3.05, 3.63) is 29.3 Å². The van der Waals surface area contributed by atoms with Crippen molar-refractivity contribution in [3.63, 3.8) is 0 Å². The topological polar surface area (TPSA) is 87.7 Å². The summed E-state index contributed by atoms with van der Waals surface area (Å²) in [5.74, 6) is -0.573. The van der Waals surface area contributed by atoms with Crippen LogP contribution in [0, 0.1) is 12.8 Å². The van der Waals surface area contributed by atoms with Gasteiger partial charge in [-0.2, -0.15) is 0 Å². The standard InChI is InChI=1S/C15H20N2O4/c1-10-2-3-12(14(18)19)8-13(10)17-15(20)16-9-11-4-6-21-7-5-11/h2-3,8,11H,4-7,9H2,1H3,(H,18,19)(H2,16,17,20). The van der Waals surface area contributed by atoms with Gasteiger partial charge in [0.15, 0.2) is 0 Å². The van der Waals surface area contributed by atoms with Crippen LogP contribution in [0.2, 0.25) is 0 Å². The zero-order chi connectivity index (χ0) is 15.2. The summed E-state index contributed by atoms with van der Waals surface area (Å²) in [6.45, 7) is 3.91. The molecule has 0 bridgehead atoms. The molecule has 114 valence electrons. The molecule has 1 aliphatic heterocycles. The number of nitrogens with one attached hydrogen (secondary N) is 2. The summed E-state index contributed by atoms with van der Waals surface area (Å²) in [5, 5.41) is 14.5. The van der Waals surface area contributed by atoms with Gasteiger partial charge in [0.25, 0.3) is 0 Å². The van der Waals surface area contributed by atoms with Crippen LogP contribution in [-0.4, -0.2) is 36.9 Å². The van der Waals surface area contributed by atoms with Crippen molar-refractivity contribution in [2.24, 2.45) is 5.92 Å². The van der Waals surface area contributed by atoms with Gasteiger partial charge in [0.05, 0.1) is 5.56 Å². The van der Waals surface area contributed by atoms with Crippen LogP contribution >= 0.6 is 0 Å². The van der Waals surface area contributed by atoms with Crippen molar-refractivity contribution < 1.29 is 19.4 Å². The van der Waals surface area contributed by atoms with Gasteiger partial charge < -0.3 is 20.5 Å². The predicted octanol–water partition coefficient (Wildman–Crippen LogP) is 2.24. The molecular formula is C15H20N2O4. The van der Waals surface area contributed by atoms with E-state index < -0.39 is 5.97 Å². The highest BCUT2D eigenvalue weighted by molar-refractivity contribution is 5.93. The molecule has 2 rings (SSSR count). The van der Waals surface area contributed by atoms with Crippen LogP contribution in [0.15, 0.2) is 18.2 Å².